The number of carbonyl (C=O) groups excluding carboxylic acids is 1. The zero-order chi connectivity index (χ0) is 13.1. The van der Waals surface area contributed by atoms with Crippen LogP contribution in [0.1, 0.15) is 72.1 Å². The van der Waals surface area contributed by atoms with Gasteiger partial charge in [0.15, 0.2) is 0 Å². The van der Waals surface area contributed by atoms with Crippen molar-refractivity contribution in [3.8, 4) is 0 Å². The number of carbonyl (C=O) groups is 1. The summed E-state index contributed by atoms with van der Waals surface area (Å²) in [4.78, 5) is 11.6. The molecule has 1 amide bonds. The van der Waals surface area contributed by atoms with Crippen LogP contribution in [0.25, 0.3) is 0 Å². The second kappa shape index (κ2) is 9.46. The van der Waals surface area contributed by atoms with E-state index in [1.165, 1.54) is 25.7 Å². The molecule has 0 aliphatic heterocycles. The van der Waals surface area contributed by atoms with E-state index in [1.807, 2.05) is 13.8 Å². The van der Waals surface area contributed by atoms with Crippen LogP contribution in [0.3, 0.4) is 0 Å². The van der Waals surface area contributed by atoms with Gasteiger partial charge >= 0.3 is 0 Å². The molecule has 0 rings (SSSR count). The molecule has 0 aliphatic carbocycles. The number of aliphatic hydroxyl groups excluding tert-OH is 1. The van der Waals surface area contributed by atoms with Crippen molar-refractivity contribution >= 4 is 5.91 Å². The van der Waals surface area contributed by atoms with Crippen molar-refractivity contribution in [1.82, 2.24) is 5.32 Å². The Labute approximate surface area is 106 Å². The molecule has 0 saturated carbocycles. The molecule has 102 valence electrons. The molecule has 0 aliphatic rings. The third-order valence-corrected chi connectivity index (χ3v) is 2.97. The van der Waals surface area contributed by atoms with Gasteiger partial charge in [-0.3, -0.25) is 4.79 Å². The predicted molar refractivity (Wildman–Crippen MR) is 71.9 cm³/mol. The maximum Gasteiger partial charge on any atom is 0.220 e. The summed E-state index contributed by atoms with van der Waals surface area (Å²) in [5.74, 6) is 0.110. The normalized spacial score (nSPS) is 11.5. The van der Waals surface area contributed by atoms with E-state index in [0.29, 0.717) is 12.8 Å². The Morgan fingerprint density at radius 3 is 2.29 bits per heavy atom. The first-order valence-corrected chi connectivity index (χ1v) is 6.93. The lowest BCUT2D eigenvalue weighted by molar-refractivity contribution is -0.122. The van der Waals surface area contributed by atoms with E-state index in [2.05, 4.69) is 12.2 Å². The van der Waals surface area contributed by atoms with Crippen molar-refractivity contribution < 1.29 is 9.90 Å². The van der Waals surface area contributed by atoms with Crippen LogP contribution in [0, 0.1) is 0 Å². The fourth-order valence-corrected chi connectivity index (χ4v) is 1.85. The summed E-state index contributed by atoms with van der Waals surface area (Å²) in [6.45, 7) is 6.21. The average molecular weight is 243 g/mol. The maximum atomic E-state index is 11.6. The van der Waals surface area contributed by atoms with Crippen molar-refractivity contribution in [3.05, 3.63) is 0 Å². The first kappa shape index (κ1) is 16.4. The number of aliphatic hydroxyl groups is 1. The average Bonchev–Trinajstić information content (AvgIpc) is 2.22. The Kier molecular flexibility index (Phi) is 9.14. The van der Waals surface area contributed by atoms with Gasteiger partial charge in [-0.1, -0.05) is 39.0 Å². The molecular formula is C14H29NO2. The molecule has 0 atom stereocenters. The summed E-state index contributed by atoms with van der Waals surface area (Å²) >= 11 is 0. The van der Waals surface area contributed by atoms with E-state index >= 15 is 0 Å². The van der Waals surface area contributed by atoms with Crippen LogP contribution in [-0.4, -0.2) is 23.2 Å². The van der Waals surface area contributed by atoms with Gasteiger partial charge in [0, 0.05) is 18.6 Å². The van der Waals surface area contributed by atoms with Gasteiger partial charge in [-0.25, -0.2) is 0 Å². The summed E-state index contributed by atoms with van der Waals surface area (Å²) in [5, 5.41) is 11.8. The van der Waals surface area contributed by atoms with E-state index in [0.717, 1.165) is 12.8 Å². The Morgan fingerprint density at radius 1 is 1.12 bits per heavy atom. The molecule has 0 heterocycles. The number of rotatable bonds is 10. The van der Waals surface area contributed by atoms with Crippen molar-refractivity contribution in [2.24, 2.45) is 0 Å². The smallest absolute Gasteiger partial charge is 0.220 e. The Hall–Kier alpha value is -0.570. The Morgan fingerprint density at radius 2 is 1.71 bits per heavy atom. The van der Waals surface area contributed by atoms with Gasteiger partial charge in [-0.05, 0) is 26.7 Å². The Bertz CT molecular complexity index is 202. The molecular weight excluding hydrogens is 214 g/mol. The molecule has 0 spiro atoms. The van der Waals surface area contributed by atoms with Gasteiger partial charge in [-0.2, -0.15) is 0 Å². The highest BCUT2D eigenvalue weighted by atomic mass is 16.3. The lowest BCUT2D eigenvalue weighted by Gasteiger charge is -2.25. The number of hydrogen-bond acceptors (Lipinski definition) is 2. The fraction of sp³-hybridized carbons (Fsp3) is 0.929. The number of unbranched alkanes of at least 4 members (excludes halogenated alkanes) is 5. The SMILES string of the molecule is CCCCCCCCC(=O)NC(C)(C)CCO. The zero-order valence-electron chi connectivity index (χ0n) is 11.7. The molecule has 0 aromatic heterocycles. The topological polar surface area (TPSA) is 49.3 Å². The van der Waals surface area contributed by atoms with Crippen LogP contribution < -0.4 is 5.32 Å². The first-order valence-electron chi connectivity index (χ1n) is 6.93. The van der Waals surface area contributed by atoms with Crippen LogP contribution in [0.2, 0.25) is 0 Å². The Balaban J connectivity index is 3.52. The van der Waals surface area contributed by atoms with Gasteiger partial charge in [0.1, 0.15) is 0 Å². The lowest BCUT2D eigenvalue weighted by atomic mass is 10.0. The highest BCUT2D eigenvalue weighted by molar-refractivity contribution is 5.76. The highest BCUT2D eigenvalue weighted by Gasteiger charge is 2.18. The van der Waals surface area contributed by atoms with Gasteiger partial charge in [-0.15, -0.1) is 0 Å². The molecule has 17 heavy (non-hydrogen) atoms. The number of hydrogen-bond donors (Lipinski definition) is 2. The van der Waals surface area contributed by atoms with E-state index in [1.54, 1.807) is 0 Å². The van der Waals surface area contributed by atoms with Gasteiger partial charge in [0.25, 0.3) is 0 Å². The standard InChI is InChI=1S/C14H29NO2/c1-4-5-6-7-8-9-10-13(17)15-14(2,3)11-12-16/h16H,4-12H2,1-3H3,(H,15,17). The molecule has 3 nitrogen and oxygen atoms in total. The van der Waals surface area contributed by atoms with E-state index < -0.39 is 0 Å². The summed E-state index contributed by atoms with van der Waals surface area (Å²) in [7, 11) is 0. The minimum Gasteiger partial charge on any atom is -0.396 e. The van der Waals surface area contributed by atoms with Crippen LogP contribution in [-0.2, 0) is 4.79 Å². The van der Waals surface area contributed by atoms with E-state index in [9.17, 15) is 4.79 Å². The lowest BCUT2D eigenvalue weighted by Crippen LogP contribution is -2.43. The van der Waals surface area contributed by atoms with Crippen LogP contribution in [0.15, 0.2) is 0 Å². The maximum absolute atomic E-state index is 11.6. The summed E-state index contributed by atoms with van der Waals surface area (Å²) in [6, 6.07) is 0. The minimum atomic E-state index is -0.284. The van der Waals surface area contributed by atoms with E-state index in [-0.39, 0.29) is 18.1 Å². The second-order valence-electron chi connectivity index (χ2n) is 5.42. The van der Waals surface area contributed by atoms with Crippen LogP contribution >= 0.6 is 0 Å². The zero-order valence-corrected chi connectivity index (χ0v) is 11.7. The molecule has 3 heteroatoms. The summed E-state index contributed by atoms with van der Waals surface area (Å²) in [6.07, 6.45) is 8.43. The molecule has 2 N–H and O–H groups in total. The molecule has 0 aromatic rings. The van der Waals surface area contributed by atoms with Gasteiger partial charge < -0.3 is 10.4 Å². The minimum absolute atomic E-state index is 0.110. The molecule has 0 bridgehead atoms. The van der Waals surface area contributed by atoms with Gasteiger partial charge in [0.2, 0.25) is 5.91 Å². The van der Waals surface area contributed by atoms with Crippen molar-refractivity contribution in [2.45, 2.75) is 77.7 Å². The van der Waals surface area contributed by atoms with E-state index in [4.69, 9.17) is 5.11 Å². The van der Waals surface area contributed by atoms with Crippen LogP contribution in [0.5, 0.6) is 0 Å². The molecule has 0 fully saturated rings. The molecule has 0 radical (unpaired) electrons. The molecule has 0 saturated heterocycles. The molecule has 0 aromatic carbocycles. The fourth-order valence-electron chi connectivity index (χ4n) is 1.85. The third-order valence-electron chi connectivity index (χ3n) is 2.97. The van der Waals surface area contributed by atoms with Crippen molar-refractivity contribution in [1.29, 1.82) is 0 Å². The quantitative estimate of drug-likeness (QED) is 0.579. The number of amides is 1. The van der Waals surface area contributed by atoms with Crippen molar-refractivity contribution in [2.75, 3.05) is 6.61 Å². The third kappa shape index (κ3) is 10.3. The monoisotopic (exact) mass is 243 g/mol. The van der Waals surface area contributed by atoms with Crippen LogP contribution in [0.4, 0.5) is 0 Å². The van der Waals surface area contributed by atoms with Crippen molar-refractivity contribution in [3.63, 3.8) is 0 Å². The number of nitrogens with one attached hydrogen (secondary N) is 1. The summed E-state index contributed by atoms with van der Waals surface area (Å²) in [5.41, 5.74) is -0.284. The highest BCUT2D eigenvalue weighted by Crippen LogP contribution is 2.10. The predicted octanol–water partition coefficient (Wildman–Crippen LogP) is 3.01. The summed E-state index contributed by atoms with van der Waals surface area (Å²) < 4.78 is 0. The second-order valence-corrected chi connectivity index (χ2v) is 5.42. The van der Waals surface area contributed by atoms with Gasteiger partial charge in [0.05, 0.1) is 0 Å². The largest absolute Gasteiger partial charge is 0.396 e. The first-order chi connectivity index (χ1) is 8.02. The molecule has 0 unspecified atom stereocenters.